The first kappa shape index (κ1) is 17.8. The molecule has 2 aliphatic heterocycles. The summed E-state index contributed by atoms with van der Waals surface area (Å²) in [4.78, 5) is 53.6. The van der Waals surface area contributed by atoms with E-state index in [0.717, 1.165) is 6.42 Å². The van der Waals surface area contributed by atoms with Crippen molar-refractivity contribution in [1.82, 2.24) is 4.57 Å². The molecule has 0 spiro atoms. The van der Waals surface area contributed by atoms with E-state index >= 15 is 0 Å². The second kappa shape index (κ2) is 6.40. The number of hydrogen-bond donors (Lipinski definition) is 0. The molecule has 2 atom stereocenters. The number of amides is 2. The highest BCUT2D eigenvalue weighted by molar-refractivity contribution is 6.24. The van der Waals surface area contributed by atoms with Gasteiger partial charge in [-0.2, -0.15) is 0 Å². The van der Waals surface area contributed by atoms with Crippen LogP contribution in [0.2, 0.25) is 0 Å². The predicted molar refractivity (Wildman–Crippen MR) is 104 cm³/mol. The van der Waals surface area contributed by atoms with Crippen LogP contribution in [0.4, 0.5) is 5.69 Å². The highest BCUT2D eigenvalue weighted by Gasteiger charge is 2.53. The topological polar surface area (TPSA) is 85.7 Å². The van der Waals surface area contributed by atoms with E-state index in [1.165, 1.54) is 12.0 Å². The van der Waals surface area contributed by atoms with Gasteiger partial charge in [-0.1, -0.05) is 18.2 Å². The van der Waals surface area contributed by atoms with Gasteiger partial charge in [-0.05, 0) is 43.4 Å². The summed E-state index contributed by atoms with van der Waals surface area (Å²) in [6.45, 7) is 0.558. The van der Waals surface area contributed by atoms with Crippen LogP contribution in [0.25, 0.3) is 0 Å². The van der Waals surface area contributed by atoms with Gasteiger partial charge in [-0.15, -0.1) is 0 Å². The van der Waals surface area contributed by atoms with Crippen LogP contribution in [0.3, 0.4) is 0 Å². The van der Waals surface area contributed by atoms with E-state index in [-0.39, 0.29) is 17.4 Å². The minimum Gasteiger partial charge on any atom is -0.465 e. The van der Waals surface area contributed by atoms with E-state index in [4.69, 9.17) is 4.74 Å². The molecule has 2 unspecified atom stereocenters. The number of anilines is 1. The Morgan fingerprint density at radius 2 is 1.83 bits per heavy atom. The molecule has 0 N–H and O–H groups in total. The predicted octanol–water partition coefficient (Wildman–Crippen LogP) is 1.80. The number of fused-ring (bicyclic) bond motifs is 4. The summed E-state index contributed by atoms with van der Waals surface area (Å²) in [6.07, 6.45) is 2.14. The summed E-state index contributed by atoms with van der Waals surface area (Å²) < 4.78 is 6.67. The molecular formula is C22H20N2O5. The molecule has 3 aliphatic rings. The van der Waals surface area contributed by atoms with Gasteiger partial charge in [0.1, 0.15) is 0 Å². The summed E-state index contributed by atoms with van der Waals surface area (Å²) >= 11 is 0. The number of methoxy groups -OCH3 is 1. The number of hydrogen-bond acceptors (Lipinski definition) is 5. The van der Waals surface area contributed by atoms with E-state index in [0.29, 0.717) is 53.9 Å². The Labute approximate surface area is 166 Å². The first-order chi connectivity index (χ1) is 14.0. The highest BCUT2D eigenvalue weighted by atomic mass is 16.5. The van der Waals surface area contributed by atoms with Crippen molar-refractivity contribution in [3.05, 3.63) is 63.1 Å². The second-order valence-electron chi connectivity index (χ2n) is 7.74. The van der Waals surface area contributed by atoms with Crippen LogP contribution in [0.1, 0.15) is 45.9 Å². The van der Waals surface area contributed by atoms with Crippen LogP contribution >= 0.6 is 0 Å². The third kappa shape index (κ3) is 2.36. The van der Waals surface area contributed by atoms with E-state index in [2.05, 4.69) is 0 Å². The second-order valence-corrected chi connectivity index (χ2v) is 7.74. The van der Waals surface area contributed by atoms with Crippen LogP contribution in [-0.2, 0) is 33.7 Å². The van der Waals surface area contributed by atoms with Crippen molar-refractivity contribution in [3.8, 4) is 0 Å². The fourth-order valence-electron chi connectivity index (χ4n) is 5.13. The van der Waals surface area contributed by atoms with Crippen molar-refractivity contribution in [2.24, 2.45) is 5.92 Å². The van der Waals surface area contributed by atoms with Crippen molar-refractivity contribution in [3.63, 3.8) is 0 Å². The zero-order valence-electron chi connectivity index (χ0n) is 16.0. The Kier molecular flexibility index (Phi) is 3.94. The highest BCUT2D eigenvalue weighted by Crippen LogP contribution is 2.46. The van der Waals surface area contributed by atoms with Gasteiger partial charge in [-0.25, -0.2) is 9.69 Å². The van der Waals surface area contributed by atoms with Crippen LogP contribution in [0.15, 0.2) is 35.1 Å². The van der Waals surface area contributed by atoms with Crippen molar-refractivity contribution in [1.29, 1.82) is 0 Å². The van der Waals surface area contributed by atoms with Gasteiger partial charge in [0, 0.05) is 17.8 Å². The van der Waals surface area contributed by atoms with Crippen LogP contribution in [0, 0.1) is 5.92 Å². The standard InChI is InChI=1S/C22H20N2O5/c1-29-22(28)18-15-8-5-11-23(15)19(25)13-9-10-14-17(16(13)18)21(27)24(20(14)26)12-6-3-2-4-7-12/h2-4,6-7,14,17H,5,8-11H2,1H3. The lowest BCUT2D eigenvalue weighted by molar-refractivity contribution is -0.122. The SMILES string of the molecule is COC(=O)c1c2c(c(=O)n3c1CCC3)CCC1C(=O)N(c3ccccc3)C(=O)C21. The fraction of sp³-hybridized carbons (Fsp3) is 0.364. The molecule has 3 heterocycles. The van der Waals surface area contributed by atoms with E-state index in [1.54, 1.807) is 28.8 Å². The van der Waals surface area contributed by atoms with Gasteiger partial charge < -0.3 is 9.30 Å². The Morgan fingerprint density at radius 1 is 1.07 bits per heavy atom. The van der Waals surface area contributed by atoms with E-state index in [9.17, 15) is 19.2 Å². The largest absolute Gasteiger partial charge is 0.465 e. The molecule has 29 heavy (non-hydrogen) atoms. The third-order valence-electron chi connectivity index (χ3n) is 6.35. The van der Waals surface area contributed by atoms with Gasteiger partial charge in [-0.3, -0.25) is 14.4 Å². The maximum absolute atomic E-state index is 13.4. The molecule has 0 radical (unpaired) electrons. The van der Waals surface area contributed by atoms with Crippen LogP contribution in [-0.4, -0.2) is 29.5 Å². The lowest BCUT2D eigenvalue weighted by atomic mass is 9.74. The number of esters is 1. The molecular weight excluding hydrogens is 372 g/mol. The summed E-state index contributed by atoms with van der Waals surface area (Å²) in [7, 11) is 1.30. The summed E-state index contributed by atoms with van der Waals surface area (Å²) in [5.74, 6) is -2.58. The summed E-state index contributed by atoms with van der Waals surface area (Å²) in [6, 6.07) is 8.78. The smallest absolute Gasteiger partial charge is 0.339 e. The maximum Gasteiger partial charge on any atom is 0.339 e. The first-order valence-corrected chi connectivity index (χ1v) is 9.84. The number of imide groups is 1. The number of rotatable bonds is 2. The van der Waals surface area contributed by atoms with Gasteiger partial charge in [0.05, 0.1) is 30.2 Å². The lowest BCUT2D eigenvalue weighted by Gasteiger charge is -2.28. The molecule has 7 heteroatoms. The molecule has 5 rings (SSSR count). The average Bonchev–Trinajstić information content (AvgIpc) is 3.32. The Bertz CT molecular complexity index is 1120. The number of carbonyl (C=O) groups excluding carboxylic acids is 3. The number of nitrogens with zero attached hydrogens (tertiary/aromatic N) is 2. The third-order valence-corrected chi connectivity index (χ3v) is 6.35. The number of carbonyl (C=O) groups is 3. The lowest BCUT2D eigenvalue weighted by Crippen LogP contribution is -2.35. The Balaban J connectivity index is 1.74. The minimum atomic E-state index is -0.820. The number of aromatic nitrogens is 1. The number of ether oxygens (including phenoxy) is 1. The van der Waals surface area contributed by atoms with Gasteiger partial charge in [0.25, 0.3) is 5.56 Å². The fourth-order valence-corrected chi connectivity index (χ4v) is 5.13. The summed E-state index contributed by atoms with van der Waals surface area (Å²) in [5.41, 5.74) is 2.20. The molecule has 7 nitrogen and oxygen atoms in total. The van der Waals surface area contributed by atoms with E-state index in [1.807, 2.05) is 6.07 Å². The molecule has 1 aromatic heterocycles. The molecule has 1 saturated heterocycles. The quantitative estimate of drug-likeness (QED) is 0.575. The zero-order valence-corrected chi connectivity index (χ0v) is 16.0. The average molecular weight is 392 g/mol. The number of pyridine rings is 1. The first-order valence-electron chi connectivity index (χ1n) is 9.84. The molecule has 2 aromatic rings. The molecule has 1 fully saturated rings. The number of para-hydroxylation sites is 1. The van der Waals surface area contributed by atoms with Crippen molar-refractivity contribution < 1.29 is 19.1 Å². The molecule has 1 aliphatic carbocycles. The minimum absolute atomic E-state index is 0.142. The monoisotopic (exact) mass is 392 g/mol. The van der Waals surface area contributed by atoms with Gasteiger partial charge in [0.2, 0.25) is 11.8 Å². The maximum atomic E-state index is 13.4. The van der Waals surface area contributed by atoms with Crippen molar-refractivity contribution in [2.45, 2.75) is 38.1 Å². The molecule has 0 saturated carbocycles. The molecule has 148 valence electrons. The Hall–Kier alpha value is -3.22. The van der Waals surface area contributed by atoms with Crippen LogP contribution < -0.4 is 10.5 Å². The summed E-state index contributed by atoms with van der Waals surface area (Å²) in [5, 5.41) is 0. The van der Waals surface area contributed by atoms with Crippen molar-refractivity contribution in [2.75, 3.05) is 12.0 Å². The molecule has 2 amide bonds. The van der Waals surface area contributed by atoms with Crippen molar-refractivity contribution >= 4 is 23.5 Å². The van der Waals surface area contributed by atoms with E-state index < -0.39 is 17.8 Å². The van der Waals surface area contributed by atoms with Gasteiger partial charge >= 0.3 is 5.97 Å². The molecule has 0 bridgehead atoms. The normalized spacial score (nSPS) is 22.3. The zero-order chi connectivity index (χ0) is 20.3. The Morgan fingerprint density at radius 3 is 2.55 bits per heavy atom. The molecule has 1 aromatic carbocycles. The number of benzene rings is 1. The van der Waals surface area contributed by atoms with Gasteiger partial charge in [0.15, 0.2) is 0 Å². The van der Waals surface area contributed by atoms with Crippen LogP contribution in [0.5, 0.6) is 0 Å².